The second-order valence-corrected chi connectivity index (χ2v) is 7.84. The number of aliphatic hydroxyl groups excluding tert-OH is 1. The molecule has 2 amide bonds. The summed E-state index contributed by atoms with van der Waals surface area (Å²) in [5.74, 6) is -2.14. The maximum absolute atomic E-state index is 12.5. The topological polar surface area (TPSA) is 134 Å². The number of rotatable bonds is 7. The summed E-state index contributed by atoms with van der Waals surface area (Å²) in [4.78, 5) is 36.1. The first kappa shape index (κ1) is 21.8. The molecule has 9 nitrogen and oxygen atoms in total. The molecule has 3 atom stereocenters. The second-order valence-electron chi connectivity index (χ2n) is 7.84. The van der Waals surface area contributed by atoms with Gasteiger partial charge in [0.05, 0.1) is 31.8 Å². The highest BCUT2D eigenvalue weighted by Gasteiger charge is 2.33. The minimum absolute atomic E-state index is 0.0381. The van der Waals surface area contributed by atoms with Gasteiger partial charge < -0.3 is 30.3 Å². The van der Waals surface area contributed by atoms with Gasteiger partial charge in [0.2, 0.25) is 5.91 Å². The molecule has 2 aromatic rings. The van der Waals surface area contributed by atoms with Crippen molar-refractivity contribution in [1.82, 2.24) is 10.6 Å². The Morgan fingerprint density at radius 3 is 2.22 bits per heavy atom. The Bertz CT molecular complexity index is 979. The predicted octanol–water partition coefficient (Wildman–Crippen LogP) is 1.24. The lowest BCUT2D eigenvalue weighted by Gasteiger charge is -2.21. The number of nitrogens with one attached hydrogen (secondary N) is 2. The van der Waals surface area contributed by atoms with Crippen molar-refractivity contribution in [2.45, 2.75) is 30.5 Å². The molecule has 0 radical (unpaired) electrons. The summed E-state index contributed by atoms with van der Waals surface area (Å²) >= 11 is 0. The van der Waals surface area contributed by atoms with Crippen molar-refractivity contribution in [2.24, 2.45) is 0 Å². The summed E-state index contributed by atoms with van der Waals surface area (Å²) in [5.41, 5.74) is 4.24. The molecule has 0 saturated carbocycles. The standard InChI is InChI=1S/C23H24N2O7/c26-20-12-31-11-19(20)24-22(29)18(9-21(27)28)25-23(30)32-10-17-15-7-3-1-5-13(15)14-6-2-4-8-16(14)17/h1-8,17-20,26H,9-12H2,(H,24,29)(H,25,30)(H,27,28). The van der Waals surface area contributed by atoms with E-state index in [0.29, 0.717) is 0 Å². The number of hydrogen-bond donors (Lipinski definition) is 4. The third-order valence-electron chi connectivity index (χ3n) is 5.71. The maximum Gasteiger partial charge on any atom is 0.407 e. The van der Waals surface area contributed by atoms with E-state index in [2.05, 4.69) is 10.6 Å². The number of carbonyl (C=O) groups excluding carboxylic acids is 2. The Hall–Kier alpha value is -3.43. The minimum Gasteiger partial charge on any atom is -0.481 e. The molecule has 2 aliphatic rings. The molecule has 1 fully saturated rings. The van der Waals surface area contributed by atoms with Gasteiger partial charge in [0.1, 0.15) is 12.6 Å². The molecule has 0 spiro atoms. The lowest BCUT2D eigenvalue weighted by atomic mass is 9.98. The molecule has 0 bridgehead atoms. The van der Waals surface area contributed by atoms with E-state index < -0.39 is 42.6 Å². The molecule has 1 heterocycles. The summed E-state index contributed by atoms with van der Waals surface area (Å²) in [7, 11) is 0. The van der Waals surface area contributed by atoms with E-state index in [4.69, 9.17) is 14.6 Å². The van der Waals surface area contributed by atoms with Crippen LogP contribution in [-0.4, -0.2) is 66.2 Å². The number of alkyl carbamates (subject to hydrolysis) is 1. The number of benzene rings is 2. The number of hydrogen-bond acceptors (Lipinski definition) is 6. The van der Waals surface area contributed by atoms with Crippen molar-refractivity contribution < 1.29 is 34.1 Å². The van der Waals surface area contributed by atoms with E-state index in [9.17, 15) is 19.5 Å². The van der Waals surface area contributed by atoms with Gasteiger partial charge >= 0.3 is 12.1 Å². The summed E-state index contributed by atoms with van der Waals surface area (Å²) < 4.78 is 10.5. The number of carboxylic acid groups (broad SMARTS) is 1. The van der Waals surface area contributed by atoms with Crippen LogP contribution in [0.4, 0.5) is 4.79 Å². The van der Waals surface area contributed by atoms with Gasteiger partial charge in [-0.15, -0.1) is 0 Å². The zero-order valence-corrected chi connectivity index (χ0v) is 17.2. The Morgan fingerprint density at radius 1 is 1.03 bits per heavy atom. The summed E-state index contributed by atoms with van der Waals surface area (Å²) in [6.07, 6.45) is -2.41. The van der Waals surface area contributed by atoms with E-state index in [0.717, 1.165) is 22.3 Å². The first-order valence-electron chi connectivity index (χ1n) is 10.3. The van der Waals surface area contributed by atoms with Crippen LogP contribution in [-0.2, 0) is 19.1 Å². The largest absolute Gasteiger partial charge is 0.481 e. The van der Waals surface area contributed by atoms with Crippen LogP contribution in [0.2, 0.25) is 0 Å². The monoisotopic (exact) mass is 440 g/mol. The van der Waals surface area contributed by atoms with Crippen LogP contribution in [0, 0.1) is 0 Å². The lowest BCUT2D eigenvalue weighted by molar-refractivity contribution is -0.140. The van der Waals surface area contributed by atoms with Gasteiger partial charge in [-0.2, -0.15) is 0 Å². The van der Waals surface area contributed by atoms with Crippen LogP contribution in [0.25, 0.3) is 11.1 Å². The molecule has 1 saturated heterocycles. The smallest absolute Gasteiger partial charge is 0.407 e. The number of carbonyl (C=O) groups is 3. The Balaban J connectivity index is 1.40. The third-order valence-corrected chi connectivity index (χ3v) is 5.71. The zero-order chi connectivity index (χ0) is 22.7. The van der Waals surface area contributed by atoms with Crippen molar-refractivity contribution >= 4 is 18.0 Å². The molecule has 9 heteroatoms. The van der Waals surface area contributed by atoms with E-state index >= 15 is 0 Å². The van der Waals surface area contributed by atoms with E-state index in [1.165, 1.54) is 0 Å². The fraction of sp³-hybridized carbons (Fsp3) is 0.348. The van der Waals surface area contributed by atoms with Gasteiger partial charge in [-0.25, -0.2) is 4.79 Å². The first-order valence-corrected chi connectivity index (χ1v) is 10.3. The third kappa shape index (κ3) is 4.58. The normalized spacial score (nSPS) is 20.2. The van der Waals surface area contributed by atoms with Crippen LogP contribution >= 0.6 is 0 Å². The average Bonchev–Trinajstić information content (AvgIpc) is 3.32. The highest BCUT2D eigenvalue weighted by molar-refractivity contribution is 5.89. The Labute approximate surface area is 184 Å². The molecule has 0 aromatic heterocycles. The molecule has 4 rings (SSSR count). The molecule has 4 N–H and O–H groups in total. The molecular formula is C23H24N2O7. The van der Waals surface area contributed by atoms with Crippen molar-refractivity contribution in [1.29, 1.82) is 0 Å². The van der Waals surface area contributed by atoms with Gasteiger partial charge in [-0.1, -0.05) is 48.5 Å². The van der Waals surface area contributed by atoms with Crippen molar-refractivity contribution in [2.75, 3.05) is 19.8 Å². The number of carboxylic acids is 1. The van der Waals surface area contributed by atoms with Crippen LogP contribution < -0.4 is 10.6 Å². The molecule has 1 aliphatic carbocycles. The highest BCUT2D eigenvalue weighted by Crippen LogP contribution is 2.44. The summed E-state index contributed by atoms with van der Waals surface area (Å²) in [6, 6.07) is 13.7. The van der Waals surface area contributed by atoms with Gasteiger partial charge in [0.25, 0.3) is 0 Å². The molecule has 3 unspecified atom stereocenters. The average molecular weight is 440 g/mol. The van der Waals surface area contributed by atoms with Crippen LogP contribution in [0.3, 0.4) is 0 Å². The van der Waals surface area contributed by atoms with Gasteiger partial charge in [-0.3, -0.25) is 9.59 Å². The van der Waals surface area contributed by atoms with Crippen LogP contribution in [0.1, 0.15) is 23.5 Å². The summed E-state index contributed by atoms with van der Waals surface area (Å²) in [5, 5.41) is 23.8. The van der Waals surface area contributed by atoms with E-state index in [-0.39, 0.29) is 25.7 Å². The van der Waals surface area contributed by atoms with Crippen molar-refractivity contribution in [3.63, 3.8) is 0 Å². The molecule has 168 valence electrons. The number of ether oxygens (including phenoxy) is 2. The fourth-order valence-corrected chi connectivity index (χ4v) is 4.13. The molecule has 2 aromatic carbocycles. The second kappa shape index (κ2) is 9.37. The number of amides is 2. The number of aliphatic hydroxyl groups is 1. The minimum atomic E-state index is -1.35. The Kier molecular flexibility index (Phi) is 6.38. The van der Waals surface area contributed by atoms with E-state index in [1.807, 2.05) is 48.5 Å². The van der Waals surface area contributed by atoms with Gasteiger partial charge in [0.15, 0.2) is 0 Å². The van der Waals surface area contributed by atoms with Crippen molar-refractivity contribution in [3.05, 3.63) is 59.7 Å². The van der Waals surface area contributed by atoms with Crippen molar-refractivity contribution in [3.8, 4) is 11.1 Å². The van der Waals surface area contributed by atoms with Gasteiger partial charge in [0, 0.05) is 5.92 Å². The molecular weight excluding hydrogens is 416 g/mol. The lowest BCUT2D eigenvalue weighted by Crippen LogP contribution is -2.53. The van der Waals surface area contributed by atoms with Crippen LogP contribution in [0.15, 0.2) is 48.5 Å². The predicted molar refractivity (Wildman–Crippen MR) is 113 cm³/mol. The molecule has 1 aliphatic heterocycles. The van der Waals surface area contributed by atoms with Gasteiger partial charge in [-0.05, 0) is 22.3 Å². The molecule has 32 heavy (non-hydrogen) atoms. The first-order chi connectivity index (χ1) is 15.4. The zero-order valence-electron chi connectivity index (χ0n) is 17.2. The summed E-state index contributed by atoms with van der Waals surface area (Å²) in [6.45, 7) is 0.225. The number of fused-ring (bicyclic) bond motifs is 3. The Morgan fingerprint density at radius 2 is 1.66 bits per heavy atom. The maximum atomic E-state index is 12.5. The quantitative estimate of drug-likeness (QED) is 0.509. The van der Waals surface area contributed by atoms with E-state index in [1.54, 1.807) is 0 Å². The fourth-order valence-electron chi connectivity index (χ4n) is 4.13. The van der Waals surface area contributed by atoms with Crippen LogP contribution in [0.5, 0.6) is 0 Å². The SMILES string of the molecule is O=C(O)CC(NC(=O)OCC1c2ccccc2-c2ccccc21)C(=O)NC1COCC1O. The number of aliphatic carboxylic acids is 1. The highest BCUT2D eigenvalue weighted by atomic mass is 16.5.